The predicted octanol–water partition coefficient (Wildman–Crippen LogP) is 5.52. The molecule has 0 spiro atoms. The van der Waals surface area contributed by atoms with Crippen molar-refractivity contribution in [2.45, 2.75) is 90.8 Å². The number of carbonyl (C=O) groups is 4. The van der Waals surface area contributed by atoms with Crippen LogP contribution in [0.4, 0.5) is 14.0 Å². The summed E-state index contributed by atoms with van der Waals surface area (Å²) in [5.74, 6) is -0.920. The third-order valence-corrected chi connectivity index (χ3v) is 8.07. The fourth-order valence-electron chi connectivity index (χ4n) is 5.88. The Morgan fingerprint density at radius 1 is 1.08 bits per heavy atom. The van der Waals surface area contributed by atoms with Crippen LogP contribution in [0, 0.1) is 5.82 Å². The number of Topliss-reactive ketones (excluding diaryl/α,β-unsaturated/α-hetero) is 1. The first-order valence-electron chi connectivity index (χ1n) is 16.4. The molecule has 1 aliphatic heterocycles. The molecule has 3 aromatic rings. The number of likely N-dealkylation sites (tertiary alicyclic amines) is 1. The van der Waals surface area contributed by atoms with Crippen LogP contribution >= 0.6 is 0 Å². The summed E-state index contributed by atoms with van der Waals surface area (Å²) in [6.45, 7) is 8.61. The van der Waals surface area contributed by atoms with E-state index in [1.807, 2.05) is 6.92 Å². The molecule has 2 amide bonds. The number of nitrogens with zero attached hydrogens (tertiary/aromatic N) is 3. The van der Waals surface area contributed by atoms with E-state index in [0.717, 1.165) is 32.4 Å². The summed E-state index contributed by atoms with van der Waals surface area (Å²) in [4.78, 5) is 66.8. The molecule has 1 aliphatic rings. The van der Waals surface area contributed by atoms with Crippen molar-refractivity contribution in [1.29, 1.82) is 0 Å². The Bertz CT molecular complexity index is 1750. The summed E-state index contributed by atoms with van der Waals surface area (Å²) < 4.78 is 27.8. The lowest BCUT2D eigenvalue weighted by atomic mass is 10.0. The number of methoxy groups -OCH3 is 1. The van der Waals surface area contributed by atoms with Crippen LogP contribution in [0.25, 0.3) is 10.9 Å². The number of ketones is 1. The second kappa shape index (κ2) is 15.9. The number of aryl methyl sites for hydroxylation is 1. The van der Waals surface area contributed by atoms with Crippen LogP contribution in [0.15, 0.2) is 53.5 Å². The molecule has 258 valence electrons. The molecular formula is C36H45FN4O7. The highest BCUT2D eigenvalue weighted by atomic mass is 19.1. The molecular weight excluding hydrogens is 619 g/mol. The molecule has 0 radical (unpaired) electrons. The second-order valence-corrected chi connectivity index (χ2v) is 13.0. The number of rotatable bonds is 12. The van der Waals surface area contributed by atoms with Crippen LogP contribution in [0.5, 0.6) is 0 Å². The maximum absolute atomic E-state index is 14.6. The van der Waals surface area contributed by atoms with Crippen molar-refractivity contribution in [3.05, 3.63) is 81.7 Å². The zero-order valence-electron chi connectivity index (χ0n) is 28.3. The Morgan fingerprint density at radius 3 is 2.48 bits per heavy atom. The van der Waals surface area contributed by atoms with Crippen LogP contribution < -0.4 is 10.9 Å². The third kappa shape index (κ3) is 9.20. The minimum atomic E-state index is -0.960. The first-order valence-corrected chi connectivity index (χ1v) is 16.4. The number of pyridine rings is 1. The largest absolute Gasteiger partial charge is 0.453 e. The Labute approximate surface area is 279 Å². The molecule has 48 heavy (non-hydrogen) atoms. The molecule has 0 unspecified atom stereocenters. The fraction of sp³-hybridized carbons (Fsp3) is 0.472. The van der Waals surface area contributed by atoms with Crippen LogP contribution in [-0.4, -0.2) is 69.8 Å². The molecule has 0 bridgehead atoms. The van der Waals surface area contributed by atoms with Gasteiger partial charge in [-0.2, -0.15) is 0 Å². The molecule has 1 saturated heterocycles. The zero-order valence-corrected chi connectivity index (χ0v) is 28.3. The molecule has 3 heterocycles. The highest BCUT2D eigenvalue weighted by Crippen LogP contribution is 2.28. The van der Waals surface area contributed by atoms with E-state index < -0.39 is 41.0 Å². The van der Waals surface area contributed by atoms with Gasteiger partial charge in [-0.25, -0.2) is 18.5 Å². The quantitative estimate of drug-likeness (QED) is 0.253. The van der Waals surface area contributed by atoms with Gasteiger partial charge >= 0.3 is 12.2 Å². The fourth-order valence-corrected chi connectivity index (χ4v) is 5.88. The van der Waals surface area contributed by atoms with Crippen molar-refractivity contribution in [1.82, 2.24) is 19.4 Å². The number of fused-ring (bicyclic) bond motifs is 1. The highest BCUT2D eigenvalue weighted by molar-refractivity contribution is 5.93. The SMILES string of the molecule is CCCc1cc(F)cc2cc(Cn3cccc(CC(=O)[C@H](CC/C=C/C(=O)N4CCCC4)NC(=O)OC)c3=O)n(C(=O)OC(C)(C)C)c12. The Balaban J connectivity index is 1.59. The molecule has 2 aromatic heterocycles. The number of benzene rings is 1. The minimum Gasteiger partial charge on any atom is -0.453 e. The molecule has 4 rings (SSSR count). The Morgan fingerprint density at radius 2 is 1.81 bits per heavy atom. The number of aromatic nitrogens is 2. The van der Waals surface area contributed by atoms with Crippen molar-refractivity contribution in [3.63, 3.8) is 0 Å². The van der Waals surface area contributed by atoms with E-state index in [1.165, 1.54) is 34.5 Å². The first-order chi connectivity index (χ1) is 22.8. The first kappa shape index (κ1) is 36.1. The van der Waals surface area contributed by atoms with Gasteiger partial charge in [0.05, 0.1) is 30.9 Å². The number of alkyl carbamates (subject to hydrolysis) is 1. The lowest BCUT2D eigenvalue weighted by Gasteiger charge is -2.22. The molecule has 1 aromatic carbocycles. The Kier molecular flexibility index (Phi) is 12.0. The molecule has 1 N–H and O–H groups in total. The number of hydrogen-bond donors (Lipinski definition) is 1. The number of halogens is 1. The smallest absolute Gasteiger partial charge is 0.419 e. The minimum absolute atomic E-state index is 0.0539. The number of hydrogen-bond acceptors (Lipinski definition) is 7. The van der Waals surface area contributed by atoms with Crippen molar-refractivity contribution in [2.75, 3.05) is 20.2 Å². The maximum atomic E-state index is 14.6. The normalized spacial score (nSPS) is 14.0. The number of amides is 2. The molecule has 0 saturated carbocycles. The molecule has 1 atom stereocenters. The summed E-state index contributed by atoms with van der Waals surface area (Å²) in [5.41, 5.74) is 0.510. The van der Waals surface area contributed by atoms with E-state index in [0.29, 0.717) is 35.0 Å². The average molecular weight is 665 g/mol. The summed E-state index contributed by atoms with van der Waals surface area (Å²) >= 11 is 0. The molecule has 1 fully saturated rings. The van der Waals surface area contributed by atoms with Gasteiger partial charge in [0.15, 0.2) is 5.78 Å². The maximum Gasteiger partial charge on any atom is 0.419 e. The van der Waals surface area contributed by atoms with Crippen LogP contribution in [-0.2, 0) is 38.4 Å². The van der Waals surface area contributed by atoms with E-state index >= 15 is 0 Å². The number of carbonyl (C=O) groups excluding carboxylic acids is 4. The van der Waals surface area contributed by atoms with E-state index in [1.54, 1.807) is 56.1 Å². The summed E-state index contributed by atoms with van der Waals surface area (Å²) in [5, 5.41) is 3.05. The number of allylic oxidation sites excluding steroid dienone is 1. The third-order valence-electron chi connectivity index (χ3n) is 8.07. The van der Waals surface area contributed by atoms with E-state index in [9.17, 15) is 28.4 Å². The summed E-state index contributed by atoms with van der Waals surface area (Å²) in [7, 11) is 1.19. The van der Waals surface area contributed by atoms with Crippen LogP contribution in [0.1, 0.15) is 76.6 Å². The average Bonchev–Trinajstić information content (AvgIpc) is 3.68. The lowest BCUT2D eigenvalue weighted by Crippen LogP contribution is -2.42. The van der Waals surface area contributed by atoms with Gasteiger partial charge in [-0.05, 0) is 88.8 Å². The molecule has 11 nitrogen and oxygen atoms in total. The topological polar surface area (TPSA) is 129 Å². The van der Waals surface area contributed by atoms with Crippen LogP contribution in [0.2, 0.25) is 0 Å². The summed E-state index contributed by atoms with van der Waals surface area (Å²) in [6.07, 6.45) is 6.76. The van der Waals surface area contributed by atoms with Gasteiger partial charge in [-0.3, -0.25) is 14.4 Å². The van der Waals surface area contributed by atoms with E-state index in [2.05, 4.69) is 5.32 Å². The Hall–Kier alpha value is -4.74. The van der Waals surface area contributed by atoms with Crippen molar-refractivity contribution < 1.29 is 33.0 Å². The van der Waals surface area contributed by atoms with Crippen LogP contribution in [0.3, 0.4) is 0 Å². The second-order valence-electron chi connectivity index (χ2n) is 13.0. The van der Waals surface area contributed by atoms with Gasteiger partial charge in [-0.1, -0.05) is 25.5 Å². The standard InChI is InChI=1S/C36H45FN4O7/c1-6-12-24-19-27(37)20-26-21-28(41(32(24)26)35(46)48-36(2,3)4)23-40-18-11-13-25(33(40)44)22-30(42)29(38-34(45)47-5)14-7-8-15-31(43)39-16-9-10-17-39/h8,11,13,15,18-21,29H,6-7,9-10,12,14,16-17,22-23H2,1-5H3,(H,38,45)/b15-8+/t29-/m0/s1. The van der Waals surface area contributed by atoms with Gasteiger partial charge in [0, 0.05) is 36.7 Å². The number of ether oxygens (including phenoxy) is 2. The molecule has 0 aliphatic carbocycles. The zero-order chi connectivity index (χ0) is 35.0. The monoisotopic (exact) mass is 664 g/mol. The van der Waals surface area contributed by atoms with Gasteiger partial charge in [0.25, 0.3) is 5.56 Å². The van der Waals surface area contributed by atoms with Gasteiger partial charge < -0.3 is 24.3 Å². The van der Waals surface area contributed by atoms with Gasteiger partial charge in [-0.15, -0.1) is 0 Å². The van der Waals surface area contributed by atoms with E-state index in [-0.39, 0.29) is 30.9 Å². The number of nitrogens with one attached hydrogen (secondary N) is 1. The van der Waals surface area contributed by atoms with E-state index in [4.69, 9.17) is 9.47 Å². The van der Waals surface area contributed by atoms with Crippen molar-refractivity contribution >= 4 is 34.8 Å². The molecule has 12 heteroatoms. The lowest BCUT2D eigenvalue weighted by molar-refractivity contribution is -0.125. The van der Waals surface area contributed by atoms with Gasteiger partial charge in [0.2, 0.25) is 5.91 Å². The summed E-state index contributed by atoms with van der Waals surface area (Å²) in [6, 6.07) is 6.64. The predicted molar refractivity (Wildman–Crippen MR) is 180 cm³/mol. The van der Waals surface area contributed by atoms with Crippen molar-refractivity contribution in [3.8, 4) is 0 Å². The van der Waals surface area contributed by atoms with Crippen molar-refractivity contribution in [2.24, 2.45) is 0 Å². The highest BCUT2D eigenvalue weighted by Gasteiger charge is 2.26. The van der Waals surface area contributed by atoms with Gasteiger partial charge in [0.1, 0.15) is 11.4 Å².